The van der Waals surface area contributed by atoms with Crippen LogP contribution in [-0.2, 0) is 4.79 Å². The van der Waals surface area contributed by atoms with Gasteiger partial charge < -0.3 is 27.8 Å². The van der Waals surface area contributed by atoms with Gasteiger partial charge in [0.1, 0.15) is 0 Å². The van der Waals surface area contributed by atoms with E-state index in [4.69, 9.17) is 22.3 Å². The zero-order chi connectivity index (χ0) is 11.8. The van der Waals surface area contributed by atoms with Crippen molar-refractivity contribution in [3.63, 3.8) is 0 Å². The van der Waals surface area contributed by atoms with Gasteiger partial charge in [0.05, 0.1) is 6.42 Å². The highest BCUT2D eigenvalue weighted by molar-refractivity contribution is 5.66. The Morgan fingerprint density at radius 2 is 1.50 bits per heavy atom. The van der Waals surface area contributed by atoms with Gasteiger partial charge >= 0.3 is 5.97 Å². The summed E-state index contributed by atoms with van der Waals surface area (Å²) in [6.07, 6.45) is 2.45. The number of aliphatic carboxylic acids is 1. The maximum Gasteiger partial charge on any atom is 0.304 e. The third-order valence-corrected chi connectivity index (χ3v) is 0.916. The van der Waals surface area contributed by atoms with Crippen LogP contribution in [0.2, 0.25) is 0 Å². The average Bonchev–Trinajstić information content (AvgIpc) is 2.07. The minimum absolute atomic E-state index is 0. The van der Waals surface area contributed by atoms with Crippen molar-refractivity contribution >= 4 is 5.97 Å². The van der Waals surface area contributed by atoms with E-state index >= 15 is 0 Å². The molecule has 0 radical (unpaired) electrons. The average molecular weight is 241 g/mol. The van der Waals surface area contributed by atoms with Crippen LogP contribution in [0, 0.1) is 0 Å². The molecule has 6 heteroatoms. The lowest BCUT2D eigenvalue weighted by Crippen LogP contribution is -2.05. The van der Waals surface area contributed by atoms with Crippen molar-refractivity contribution < 1.29 is 15.4 Å². The van der Waals surface area contributed by atoms with E-state index in [0.29, 0.717) is 0 Å². The Morgan fingerprint density at radius 1 is 1.12 bits per heavy atom. The number of carboxylic acids is 1. The molecule has 6 nitrogen and oxygen atoms in total. The van der Waals surface area contributed by atoms with Gasteiger partial charge in [0.2, 0.25) is 0 Å². The lowest BCUT2D eigenvalue weighted by molar-refractivity contribution is -0.136. The Morgan fingerprint density at radius 3 is 1.50 bits per heavy atom. The number of hydrogen-bond acceptors (Lipinski definition) is 4. The first-order valence-electron chi connectivity index (χ1n) is 4.92. The van der Waals surface area contributed by atoms with Crippen molar-refractivity contribution in [3.8, 4) is 0 Å². The quantitative estimate of drug-likeness (QED) is 0.544. The molecule has 0 saturated heterocycles. The standard InChI is InChI=1S/C4H11N.C3H7NO2.C2H7N.CH4.H2O/c1-2-3-4-5;4-2-1-3(5)6;1-2-3;;/h2-5H2,1H3;1-2,4H2,(H,5,6);2-3H2,1H3;1H4;1H2. The Labute approximate surface area is 99.5 Å². The van der Waals surface area contributed by atoms with Gasteiger partial charge in [-0.3, -0.25) is 4.79 Å². The fraction of sp³-hybridized carbons (Fsp3) is 0.900. The maximum absolute atomic E-state index is 9.52. The lowest BCUT2D eigenvalue weighted by atomic mass is 10.3. The minimum atomic E-state index is -0.836. The van der Waals surface area contributed by atoms with Crippen molar-refractivity contribution in [1.29, 1.82) is 0 Å². The molecule has 0 aliphatic heterocycles. The van der Waals surface area contributed by atoms with E-state index in [2.05, 4.69) is 6.92 Å². The molecule has 0 unspecified atom stereocenters. The molecule has 16 heavy (non-hydrogen) atoms. The van der Waals surface area contributed by atoms with Gasteiger partial charge in [-0.05, 0) is 19.5 Å². The first-order valence-corrected chi connectivity index (χ1v) is 4.92. The van der Waals surface area contributed by atoms with E-state index in [0.717, 1.165) is 13.1 Å². The number of nitrogens with two attached hydrogens (primary N) is 3. The van der Waals surface area contributed by atoms with E-state index in [-0.39, 0.29) is 25.9 Å². The highest BCUT2D eigenvalue weighted by atomic mass is 16.4. The van der Waals surface area contributed by atoms with E-state index in [1.54, 1.807) is 0 Å². The highest BCUT2D eigenvalue weighted by Crippen LogP contribution is 1.77. The van der Waals surface area contributed by atoms with E-state index < -0.39 is 5.97 Å². The second kappa shape index (κ2) is 36.7. The molecule has 0 amide bonds. The molecule has 0 aliphatic carbocycles. The van der Waals surface area contributed by atoms with E-state index in [1.165, 1.54) is 12.8 Å². The molecule has 0 aromatic carbocycles. The zero-order valence-electron chi connectivity index (χ0n) is 9.83. The number of unbranched alkanes of at least 4 members (excludes halogenated alkanes) is 1. The molecule has 0 rings (SSSR count). The topological polar surface area (TPSA) is 147 Å². The van der Waals surface area contributed by atoms with E-state index in [1.807, 2.05) is 6.92 Å². The summed E-state index contributed by atoms with van der Waals surface area (Å²) in [5, 5.41) is 7.83. The van der Waals surface area contributed by atoms with Gasteiger partial charge in [0, 0.05) is 6.54 Å². The summed E-state index contributed by atoms with van der Waals surface area (Å²) < 4.78 is 0. The lowest BCUT2D eigenvalue weighted by Gasteiger charge is -1.80. The van der Waals surface area contributed by atoms with Crippen LogP contribution >= 0.6 is 0 Å². The summed E-state index contributed by atoms with van der Waals surface area (Å²) in [5.74, 6) is -0.836. The van der Waals surface area contributed by atoms with Crippen molar-refractivity contribution in [3.05, 3.63) is 0 Å². The predicted molar refractivity (Wildman–Crippen MR) is 70.3 cm³/mol. The van der Waals surface area contributed by atoms with Crippen molar-refractivity contribution in [1.82, 2.24) is 0 Å². The molecule has 9 N–H and O–H groups in total. The Hall–Kier alpha value is -0.690. The molecular formula is C10H31N3O3. The third kappa shape index (κ3) is 109. The van der Waals surface area contributed by atoms with Crippen molar-refractivity contribution in [2.45, 2.75) is 40.5 Å². The third-order valence-electron chi connectivity index (χ3n) is 0.916. The summed E-state index contributed by atoms with van der Waals surface area (Å²) in [5.41, 5.74) is 14.8. The Balaban J connectivity index is -0.0000000373. The van der Waals surface area contributed by atoms with Gasteiger partial charge in [-0.25, -0.2) is 0 Å². The first-order chi connectivity index (χ1) is 6.60. The summed E-state index contributed by atoms with van der Waals surface area (Å²) in [6, 6.07) is 0. The second-order valence-corrected chi connectivity index (χ2v) is 2.48. The fourth-order valence-corrected chi connectivity index (χ4v) is 0.328. The van der Waals surface area contributed by atoms with Crippen LogP contribution in [0.1, 0.15) is 40.5 Å². The molecule has 0 fully saturated rings. The van der Waals surface area contributed by atoms with Crippen molar-refractivity contribution in [2.75, 3.05) is 19.6 Å². The maximum atomic E-state index is 9.52. The van der Waals surface area contributed by atoms with Crippen molar-refractivity contribution in [2.24, 2.45) is 17.2 Å². The second-order valence-electron chi connectivity index (χ2n) is 2.48. The molecule has 0 aliphatic rings. The minimum Gasteiger partial charge on any atom is -0.481 e. The molecule has 0 saturated carbocycles. The van der Waals surface area contributed by atoms with Gasteiger partial charge in [-0.1, -0.05) is 27.7 Å². The molecule has 0 spiro atoms. The monoisotopic (exact) mass is 241 g/mol. The van der Waals surface area contributed by atoms with Gasteiger partial charge in [0.25, 0.3) is 0 Å². The number of hydrogen-bond donors (Lipinski definition) is 4. The fourth-order valence-electron chi connectivity index (χ4n) is 0.328. The van der Waals surface area contributed by atoms with Crippen LogP contribution in [-0.4, -0.2) is 36.2 Å². The van der Waals surface area contributed by atoms with Crippen LogP contribution < -0.4 is 17.2 Å². The first kappa shape index (κ1) is 29.5. The number of rotatable bonds is 4. The van der Waals surface area contributed by atoms with Crippen LogP contribution in [0.4, 0.5) is 0 Å². The smallest absolute Gasteiger partial charge is 0.304 e. The molecule has 0 atom stereocenters. The summed E-state index contributed by atoms with van der Waals surface area (Å²) >= 11 is 0. The Kier molecular flexibility index (Phi) is 67.7. The SMILES string of the molecule is C.CCCCN.CCN.NCCC(=O)O.O. The van der Waals surface area contributed by atoms with Crippen LogP contribution in [0.3, 0.4) is 0 Å². The summed E-state index contributed by atoms with van der Waals surface area (Å²) in [4.78, 5) is 9.52. The molecule has 104 valence electrons. The number of carbonyl (C=O) groups is 1. The predicted octanol–water partition coefficient (Wildman–Crippen LogP) is -0.0586. The van der Waals surface area contributed by atoms with Gasteiger partial charge in [-0.2, -0.15) is 0 Å². The summed E-state index contributed by atoms with van der Waals surface area (Å²) in [6.45, 7) is 5.86. The number of carboxylic acid groups (broad SMARTS) is 1. The molecule has 0 aromatic heterocycles. The van der Waals surface area contributed by atoms with Gasteiger partial charge in [-0.15, -0.1) is 0 Å². The molecular weight excluding hydrogens is 210 g/mol. The molecule has 0 heterocycles. The van der Waals surface area contributed by atoms with Crippen LogP contribution in [0.25, 0.3) is 0 Å². The molecule has 0 bridgehead atoms. The summed E-state index contributed by atoms with van der Waals surface area (Å²) in [7, 11) is 0. The van der Waals surface area contributed by atoms with Crippen LogP contribution in [0.5, 0.6) is 0 Å². The molecule has 0 aromatic rings. The van der Waals surface area contributed by atoms with E-state index in [9.17, 15) is 4.79 Å². The van der Waals surface area contributed by atoms with Crippen LogP contribution in [0.15, 0.2) is 0 Å². The normalized spacial score (nSPS) is 6.81. The zero-order valence-corrected chi connectivity index (χ0v) is 9.83. The largest absolute Gasteiger partial charge is 0.481 e. The van der Waals surface area contributed by atoms with Gasteiger partial charge in [0.15, 0.2) is 0 Å². The Bertz CT molecular complexity index is 101. The highest BCUT2D eigenvalue weighted by Gasteiger charge is 1.87.